The minimum atomic E-state index is -4.76. The van der Waals surface area contributed by atoms with Crippen LogP contribution in [0.3, 0.4) is 0 Å². The SMILES string of the molecule is CC(C)(C)OC(=O)N1CC(c2ccc(Cl)c(Nc3ncc(C(F)(F)F)c(-c4cc(S(C)(=O)=O)cs4)n3)c2)C1. The Balaban J connectivity index is 1.58. The van der Waals surface area contributed by atoms with Crippen molar-refractivity contribution in [1.29, 1.82) is 0 Å². The summed E-state index contributed by atoms with van der Waals surface area (Å²) in [5, 5.41) is 4.42. The number of likely N-dealkylation sites (tertiary alicyclic amines) is 1. The molecule has 1 fully saturated rings. The molecule has 1 aromatic carbocycles. The van der Waals surface area contributed by atoms with Crippen LogP contribution in [0.25, 0.3) is 10.6 Å². The van der Waals surface area contributed by atoms with Crippen molar-refractivity contribution in [2.24, 2.45) is 0 Å². The molecule has 0 atom stereocenters. The summed E-state index contributed by atoms with van der Waals surface area (Å²) < 4.78 is 70.1. The summed E-state index contributed by atoms with van der Waals surface area (Å²) in [5.74, 6) is -0.129. The van der Waals surface area contributed by atoms with E-state index in [0.29, 0.717) is 25.0 Å². The van der Waals surface area contributed by atoms with Crippen LogP contribution in [0.1, 0.15) is 37.8 Å². The topological polar surface area (TPSA) is 101 Å². The number of carbonyl (C=O) groups is 1. The fourth-order valence-corrected chi connectivity index (χ4v) is 5.84. The molecule has 0 radical (unpaired) electrons. The summed E-state index contributed by atoms with van der Waals surface area (Å²) in [6.07, 6.45) is -3.54. The number of hydrogen-bond donors (Lipinski definition) is 1. The number of thiophene rings is 1. The first-order valence-electron chi connectivity index (χ1n) is 11.3. The lowest BCUT2D eigenvalue weighted by Gasteiger charge is -2.40. The van der Waals surface area contributed by atoms with E-state index in [4.69, 9.17) is 16.3 Å². The van der Waals surface area contributed by atoms with Crippen LogP contribution in [-0.4, -0.2) is 54.3 Å². The van der Waals surface area contributed by atoms with E-state index in [1.165, 1.54) is 5.38 Å². The zero-order valence-electron chi connectivity index (χ0n) is 20.8. The molecule has 0 aliphatic carbocycles. The van der Waals surface area contributed by atoms with Crippen LogP contribution in [0.2, 0.25) is 5.02 Å². The highest BCUT2D eigenvalue weighted by molar-refractivity contribution is 7.90. The van der Waals surface area contributed by atoms with Gasteiger partial charge in [0, 0.05) is 36.8 Å². The average molecular weight is 589 g/mol. The number of halogens is 4. The van der Waals surface area contributed by atoms with Gasteiger partial charge in [0.05, 0.1) is 26.2 Å². The average Bonchev–Trinajstić information content (AvgIpc) is 3.23. The highest BCUT2D eigenvalue weighted by atomic mass is 35.5. The molecule has 1 aliphatic rings. The lowest BCUT2D eigenvalue weighted by Crippen LogP contribution is -2.50. The Kier molecular flexibility index (Phi) is 7.40. The van der Waals surface area contributed by atoms with Gasteiger partial charge in [0.2, 0.25) is 5.95 Å². The van der Waals surface area contributed by atoms with E-state index in [0.717, 1.165) is 29.2 Å². The minimum Gasteiger partial charge on any atom is -0.444 e. The van der Waals surface area contributed by atoms with E-state index in [1.807, 2.05) is 6.07 Å². The van der Waals surface area contributed by atoms with E-state index in [1.54, 1.807) is 37.8 Å². The van der Waals surface area contributed by atoms with Gasteiger partial charge in [-0.2, -0.15) is 13.2 Å². The molecular formula is C24H24ClF3N4O4S2. The Labute approximate surface area is 226 Å². The van der Waals surface area contributed by atoms with E-state index >= 15 is 0 Å². The first-order valence-corrected chi connectivity index (χ1v) is 14.4. The van der Waals surface area contributed by atoms with Crippen LogP contribution in [0.4, 0.5) is 29.6 Å². The van der Waals surface area contributed by atoms with Gasteiger partial charge >= 0.3 is 12.3 Å². The van der Waals surface area contributed by atoms with E-state index in [9.17, 15) is 26.4 Å². The molecule has 4 rings (SSSR count). The fourth-order valence-electron chi connectivity index (χ4n) is 3.65. The van der Waals surface area contributed by atoms with Crippen molar-refractivity contribution in [3.05, 3.63) is 52.0 Å². The number of nitrogens with zero attached hydrogens (tertiary/aromatic N) is 3. The highest BCUT2D eigenvalue weighted by Crippen LogP contribution is 2.40. The van der Waals surface area contributed by atoms with Gasteiger partial charge in [0.15, 0.2) is 9.84 Å². The second-order valence-electron chi connectivity index (χ2n) is 9.82. The molecule has 0 bridgehead atoms. The smallest absolute Gasteiger partial charge is 0.420 e. The molecule has 1 amide bonds. The number of rotatable bonds is 5. The van der Waals surface area contributed by atoms with Gasteiger partial charge in [-0.15, -0.1) is 11.3 Å². The van der Waals surface area contributed by atoms with Crippen molar-refractivity contribution >= 4 is 50.5 Å². The summed E-state index contributed by atoms with van der Waals surface area (Å²) >= 11 is 7.17. The number of ether oxygens (including phenoxy) is 1. The van der Waals surface area contributed by atoms with E-state index < -0.39 is 39.0 Å². The predicted octanol–water partition coefficient (Wildman–Crippen LogP) is 6.36. The van der Waals surface area contributed by atoms with Crippen LogP contribution >= 0.6 is 22.9 Å². The lowest BCUT2D eigenvalue weighted by molar-refractivity contribution is -0.137. The monoisotopic (exact) mass is 588 g/mol. The first kappa shape index (κ1) is 28.1. The Morgan fingerprint density at radius 3 is 2.47 bits per heavy atom. The van der Waals surface area contributed by atoms with Crippen molar-refractivity contribution in [2.45, 2.75) is 43.4 Å². The van der Waals surface area contributed by atoms with Crippen molar-refractivity contribution in [3.63, 3.8) is 0 Å². The van der Waals surface area contributed by atoms with Crippen LogP contribution < -0.4 is 5.32 Å². The Morgan fingerprint density at radius 2 is 1.89 bits per heavy atom. The third kappa shape index (κ3) is 6.38. The molecule has 14 heteroatoms. The molecular weight excluding hydrogens is 565 g/mol. The van der Waals surface area contributed by atoms with Crippen molar-refractivity contribution in [1.82, 2.24) is 14.9 Å². The van der Waals surface area contributed by atoms with Crippen molar-refractivity contribution in [3.8, 4) is 10.6 Å². The second-order valence-corrected chi connectivity index (χ2v) is 13.2. The number of sulfone groups is 1. The van der Waals surface area contributed by atoms with Crippen molar-refractivity contribution < 1.29 is 31.1 Å². The molecule has 1 saturated heterocycles. The van der Waals surface area contributed by atoms with Gasteiger partial charge in [0.1, 0.15) is 11.2 Å². The molecule has 2 aromatic heterocycles. The maximum absolute atomic E-state index is 13.7. The summed E-state index contributed by atoms with van der Waals surface area (Å²) in [6, 6.07) is 6.33. The maximum atomic E-state index is 13.7. The van der Waals surface area contributed by atoms with Gasteiger partial charge in [0.25, 0.3) is 0 Å². The number of aromatic nitrogens is 2. The van der Waals surface area contributed by atoms with E-state index in [2.05, 4.69) is 15.3 Å². The molecule has 8 nitrogen and oxygen atoms in total. The zero-order valence-corrected chi connectivity index (χ0v) is 23.1. The predicted molar refractivity (Wildman–Crippen MR) is 139 cm³/mol. The largest absolute Gasteiger partial charge is 0.444 e. The fraction of sp³-hybridized carbons (Fsp3) is 0.375. The number of amides is 1. The molecule has 0 spiro atoms. The van der Waals surface area contributed by atoms with Crippen LogP contribution in [0.5, 0.6) is 0 Å². The Hall–Kier alpha value is -2.90. The van der Waals surface area contributed by atoms with Gasteiger partial charge in [-0.05, 0) is 44.5 Å². The van der Waals surface area contributed by atoms with Gasteiger partial charge in [-0.25, -0.2) is 23.2 Å². The summed E-state index contributed by atoms with van der Waals surface area (Å²) in [7, 11) is -3.61. The number of anilines is 2. The Bertz CT molecular complexity index is 1480. The molecule has 3 heterocycles. The molecule has 0 saturated carbocycles. The molecule has 3 aromatic rings. The number of carbonyl (C=O) groups excluding carboxylic acids is 1. The molecule has 1 N–H and O–H groups in total. The number of benzene rings is 1. The van der Waals surface area contributed by atoms with Crippen LogP contribution in [-0.2, 0) is 20.8 Å². The molecule has 0 unspecified atom stereocenters. The third-order valence-corrected chi connectivity index (χ3v) is 8.08. The first-order chi connectivity index (χ1) is 17.5. The number of alkyl halides is 3. The molecule has 204 valence electrons. The number of hydrogen-bond acceptors (Lipinski definition) is 8. The minimum absolute atomic E-state index is 0.0185. The summed E-state index contributed by atoms with van der Waals surface area (Å²) in [6.45, 7) is 6.25. The Morgan fingerprint density at radius 1 is 1.21 bits per heavy atom. The molecule has 1 aliphatic heterocycles. The van der Waals surface area contributed by atoms with Crippen LogP contribution in [0.15, 0.2) is 40.7 Å². The van der Waals surface area contributed by atoms with Gasteiger partial charge in [-0.1, -0.05) is 17.7 Å². The normalized spacial score (nSPS) is 14.8. The van der Waals surface area contributed by atoms with Gasteiger partial charge in [-0.3, -0.25) is 0 Å². The summed E-state index contributed by atoms with van der Waals surface area (Å²) in [4.78, 5) is 21.6. The van der Waals surface area contributed by atoms with Gasteiger partial charge < -0.3 is 15.0 Å². The third-order valence-electron chi connectivity index (χ3n) is 5.57. The van der Waals surface area contributed by atoms with E-state index in [-0.39, 0.29) is 26.7 Å². The number of nitrogens with one attached hydrogen (secondary N) is 1. The van der Waals surface area contributed by atoms with Crippen LogP contribution in [0, 0.1) is 0 Å². The highest BCUT2D eigenvalue weighted by Gasteiger charge is 2.37. The second kappa shape index (κ2) is 10.0. The maximum Gasteiger partial charge on any atom is 0.420 e. The molecule has 38 heavy (non-hydrogen) atoms. The summed E-state index contributed by atoms with van der Waals surface area (Å²) in [5.41, 5.74) is -0.917. The lowest BCUT2D eigenvalue weighted by atomic mass is 9.91. The van der Waals surface area contributed by atoms with Crippen molar-refractivity contribution in [2.75, 3.05) is 24.7 Å². The standard InChI is InChI=1S/C24H24ClF3N4O4S2/c1-23(2,3)36-22(33)32-10-14(11-32)13-5-6-17(25)18(7-13)30-21-29-9-16(24(26,27)28)20(31-21)19-8-15(12-37-19)38(4,34)35/h5-9,12,14H,10-11H2,1-4H3,(H,29,30,31). The zero-order chi connectivity index (χ0) is 28.0. The quantitative estimate of drug-likeness (QED) is 0.370.